The Kier molecular flexibility index (Phi) is 4.84. The molecule has 1 heterocycles. The third kappa shape index (κ3) is 4.12. The van der Waals surface area contributed by atoms with Gasteiger partial charge in [0.2, 0.25) is 6.54 Å². The Balaban J connectivity index is 2.04. The highest BCUT2D eigenvalue weighted by Gasteiger charge is 2.11. The minimum atomic E-state index is -0.127. The molecule has 0 saturated carbocycles. The van der Waals surface area contributed by atoms with Gasteiger partial charge in [0.15, 0.2) is 18.2 Å². The van der Waals surface area contributed by atoms with Crippen molar-refractivity contribution < 1.29 is 14.2 Å². The van der Waals surface area contributed by atoms with Crippen molar-refractivity contribution in [2.75, 3.05) is 5.32 Å². The van der Waals surface area contributed by atoms with Crippen LogP contribution in [0.5, 0.6) is 0 Å². The number of carbonyl (C=O) groups excluding carboxylic acids is 2. The highest BCUT2D eigenvalue weighted by Crippen LogP contribution is 2.12. The van der Waals surface area contributed by atoms with Gasteiger partial charge in [-0.15, -0.1) is 0 Å². The van der Waals surface area contributed by atoms with Crippen molar-refractivity contribution in [1.82, 2.24) is 0 Å². The zero-order valence-corrected chi connectivity index (χ0v) is 13.1. The molecule has 5 heteroatoms. The molecule has 0 radical (unpaired) electrons. The predicted octanol–water partition coefficient (Wildman–Crippen LogP) is 2.42. The molecule has 1 aromatic heterocycles. The maximum Gasteiger partial charge on any atom is 0.290 e. The number of hydrogen-bond acceptors (Lipinski definition) is 2. The minimum Gasteiger partial charge on any atom is -0.321 e. The maximum atomic E-state index is 12.0. The zero-order valence-electron chi connectivity index (χ0n) is 11.0. The molecule has 0 bridgehead atoms. The van der Waals surface area contributed by atoms with Gasteiger partial charge in [-0.05, 0) is 53.8 Å². The Labute approximate surface area is 131 Å². The number of ketones is 1. The molecule has 102 valence electrons. The third-order valence-electron chi connectivity index (χ3n) is 2.70. The fraction of sp³-hybridized carbons (Fsp3) is 0.133. The van der Waals surface area contributed by atoms with E-state index in [1.54, 1.807) is 29.1 Å². The average Bonchev–Trinajstić information content (AvgIpc) is 2.38. The monoisotopic (exact) mass is 381 g/mol. The molecular formula is C15H14IN2O2+. The lowest BCUT2D eigenvalue weighted by atomic mass is 10.2. The van der Waals surface area contributed by atoms with Gasteiger partial charge in [0, 0.05) is 15.3 Å². The topological polar surface area (TPSA) is 50.0 Å². The minimum absolute atomic E-state index is 0.0163. The summed E-state index contributed by atoms with van der Waals surface area (Å²) in [4.78, 5) is 23.3. The summed E-state index contributed by atoms with van der Waals surface area (Å²) in [7, 11) is 0. The molecule has 1 aromatic carbocycles. The van der Waals surface area contributed by atoms with Crippen LogP contribution < -0.4 is 9.88 Å². The first kappa shape index (κ1) is 14.6. The summed E-state index contributed by atoms with van der Waals surface area (Å²) in [6.07, 6.45) is 3.44. The fourth-order valence-electron chi connectivity index (χ4n) is 1.76. The number of pyridine rings is 1. The molecule has 0 unspecified atom stereocenters. The standard InChI is InChI=1S/C15H13IN2O2/c1-11(19)12-4-3-7-18(9-12)10-15(20)17-14-6-2-5-13(16)8-14/h2-9H,10H2,1H3/p+1. The Morgan fingerprint density at radius 1 is 1.25 bits per heavy atom. The number of benzene rings is 1. The maximum absolute atomic E-state index is 12.0. The van der Waals surface area contributed by atoms with Crippen molar-refractivity contribution in [3.63, 3.8) is 0 Å². The molecule has 4 nitrogen and oxygen atoms in total. The molecule has 0 spiro atoms. The second-order valence-corrected chi connectivity index (χ2v) is 5.63. The molecule has 1 N–H and O–H groups in total. The van der Waals surface area contributed by atoms with E-state index in [2.05, 4.69) is 27.9 Å². The van der Waals surface area contributed by atoms with Crippen molar-refractivity contribution in [2.45, 2.75) is 13.5 Å². The summed E-state index contributed by atoms with van der Waals surface area (Å²) in [5, 5.41) is 2.83. The smallest absolute Gasteiger partial charge is 0.290 e. The number of carbonyl (C=O) groups is 2. The van der Waals surface area contributed by atoms with Crippen LogP contribution in [0, 0.1) is 3.57 Å². The van der Waals surface area contributed by atoms with Crippen LogP contribution in [0.25, 0.3) is 0 Å². The van der Waals surface area contributed by atoms with Crippen LogP contribution in [-0.2, 0) is 11.3 Å². The van der Waals surface area contributed by atoms with Gasteiger partial charge in [-0.1, -0.05) is 6.07 Å². The molecule has 1 amide bonds. The van der Waals surface area contributed by atoms with E-state index < -0.39 is 0 Å². The van der Waals surface area contributed by atoms with Gasteiger partial charge in [-0.3, -0.25) is 9.59 Å². The Morgan fingerprint density at radius 3 is 2.75 bits per heavy atom. The lowest BCUT2D eigenvalue weighted by Crippen LogP contribution is -2.40. The lowest BCUT2D eigenvalue weighted by molar-refractivity contribution is -0.684. The number of Topliss-reactive ketones (excluding diaryl/α,β-unsaturated/α-hetero) is 1. The highest BCUT2D eigenvalue weighted by molar-refractivity contribution is 14.1. The van der Waals surface area contributed by atoms with Crippen LogP contribution in [0.1, 0.15) is 17.3 Å². The molecule has 0 aliphatic rings. The number of aromatic nitrogens is 1. The van der Waals surface area contributed by atoms with E-state index in [9.17, 15) is 9.59 Å². The number of halogens is 1. The first-order chi connectivity index (χ1) is 9.54. The van der Waals surface area contributed by atoms with E-state index in [0.29, 0.717) is 5.56 Å². The van der Waals surface area contributed by atoms with Crippen LogP contribution >= 0.6 is 22.6 Å². The molecule has 0 aliphatic heterocycles. The molecule has 2 rings (SSSR count). The third-order valence-corrected chi connectivity index (χ3v) is 3.37. The molecule has 0 aliphatic carbocycles. The van der Waals surface area contributed by atoms with Gasteiger partial charge < -0.3 is 5.32 Å². The fourth-order valence-corrected chi connectivity index (χ4v) is 2.30. The van der Waals surface area contributed by atoms with Crippen molar-refractivity contribution >= 4 is 40.0 Å². The first-order valence-electron chi connectivity index (χ1n) is 6.10. The van der Waals surface area contributed by atoms with Gasteiger partial charge in [0.05, 0.1) is 5.56 Å². The second kappa shape index (κ2) is 6.60. The summed E-state index contributed by atoms with van der Waals surface area (Å²) in [6.45, 7) is 1.68. The normalized spacial score (nSPS) is 10.1. The van der Waals surface area contributed by atoms with Crippen LogP contribution in [0.2, 0.25) is 0 Å². The van der Waals surface area contributed by atoms with Crippen molar-refractivity contribution in [2.24, 2.45) is 0 Å². The number of hydrogen-bond donors (Lipinski definition) is 1. The van der Waals surface area contributed by atoms with E-state index in [1.165, 1.54) is 6.92 Å². The number of rotatable bonds is 4. The summed E-state index contributed by atoms with van der Waals surface area (Å²) >= 11 is 2.19. The zero-order chi connectivity index (χ0) is 14.5. The molecule has 0 saturated heterocycles. The number of anilines is 1. The number of amides is 1. The Morgan fingerprint density at radius 2 is 2.05 bits per heavy atom. The quantitative estimate of drug-likeness (QED) is 0.503. The van der Waals surface area contributed by atoms with E-state index in [0.717, 1.165) is 9.26 Å². The van der Waals surface area contributed by atoms with Gasteiger partial charge in [0.1, 0.15) is 0 Å². The van der Waals surface area contributed by atoms with E-state index >= 15 is 0 Å². The first-order valence-corrected chi connectivity index (χ1v) is 7.18. The van der Waals surface area contributed by atoms with Crippen LogP contribution in [-0.4, -0.2) is 11.7 Å². The predicted molar refractivity (Wildman–Crippen MR) is 84.4 cm³/mol. The summed E-state index contributed by atoms with van der Waals surface area (Å²) in [5.74, 6) is -0.143. The van der Waals surface area contributed by atoms with Gasteiger partial charge in [-0.25, -0.2) is 0 Å². The largest absolute Gasteiger partial charge is 0.321 e. The molecular weight excluding hydrogens is 367 g/mol. The van der Waals surface area contributed by atoms with Crippen molar-refractivity contribution in [1.29, 1.82) is 0 Å². The second-order valence-electron chi connectivity index (χ2n) is 4.38. The Bertz CT molecular complexity index is 656. The van der Waals surface area contributed by atoms with Gasteiger partial charge >= 0.3 is 0 Å². The molecule has 2 aromatic rings. The van der Waals surface area contributed by atoms with E-state index in [-0.39, 0.29) is 18.2 Å². The number of nitrogens with one attached hydrogen (secondary N) is 1. The van der Waals surface area contributed by atoms with E-state index in [4.69, 9.17) is 0 Å². The van der Waals surface area contributed by atoms with Crippen molar-refractivity contribution in [3.8, 4) is 0 Å². The van der Waals surface area contributed by atoms with Crippen molar-refractivity contribution in [3.05, 3.63) is 57.9 Å². The highest BCUT2D eigenvalue weighted by atomic mass is 127. The summed E-state index contributed by atoms with van der Waals surface area (Å²) in [6, 6.07) is 11.1. The molecule has 0 fully saturated rings. The van der Waals surface area contributed by atoms with Crippen LogP contribution in [0.15, 0.2) is 48.8 Å². The summed E-state index contributed by atoms with van der Waals surface area (Å²) in [5.41, 5.74) is 1.36. The number of nitrogens with zero attached hydrogens (tertiary/aromatic N) is 1. The molecule has 0 atom stereocenters. The van der Waals surface area contributed by atoms with E-state index in [1.807, 2.05) is 24.3 Å². The average molecular weight is 381 g/mol. The van der Waals surface area contributed by atoms with Crippen LogP contribution in [0.4, 0.5) is 5.69 Å². The van der Waals surface area contributed by atoms with Gasteiger partial charge in [-0.2, -0.15) is 4.57 Å². The van der Waals surface area contributed by atoms with Gasteiger partial charge in [0.25, 0.3) is 5.91 Å². The molecule has 20 heavy (non-hydrogen) atoms. The Hall–Kier alpha value is -1.76. The lowest BCUT2D eigenvalue weighted by Gasteiger charge is -2.03. The SMILES string of the molecule is CC(=O)c1ccc[n+](CC(=O)Nc2cccc(I)c2)c1. The summed E-state index contributed by atoms with van der Waals surface area (Å²) < 4.78 is 2.76. The van der Waals surface area contributed by atoms with Crippen LogP contribution in [0.3, 0.4) is 0 Å².